The Bertz CT molecular complexity index is 572. The maximum absolute atomic E-state index is 9.97. The van der Waals surface area contributed by atoms with Crippen LogP contribution >= 0.6 is 0 Å². The van der Waals surface area contributed by atoms with Crippen molar-refractivity contribution in [2.75, 3.05) is 11.5 Å². The number of hydrogen-bond acceptors (Lipinski definition) is 4. The van der Waals surface area contributed by atoms with Gasteiger partial charge in [-0.05, 0) is 38.2 Å². The number of ether oxygens (including phenoxy) is 1. The molecule has 1 aromatic rings. The second kappa shape index (κ2) is 5.58. The molecule has 0 saturated heterocycles. The van der Waals surface area contributed by atoms with Gasteiger partial charge in [-0.15, -0.1) is 0 Å². The van der Waals surface area contributed by atoms with Gasteiger partial charge in [-0.1, -0.05) is 20.4 Å². The van der Waals surface area contributed by atoms with Crippen molar-refractivity contribution in [3.63, 3.8) is 0 Å². The average Bonchev–Trinajstić information content (AvgIpc) is 2.70. The lowest BCUT2D eigenvalue weighted by atomic mass is 9.76. The monoisotopic (exact) mass is 302 g/mol. The quantitative estimate of drug-likeness (QED) is 0.906. The number of rotatable bonds is 5. The summed E-state index contributed by atoms with van der Waals surface area (Å²) in [5, 5.41) is 9.97. The van der Waals surface area contributed by atoms with E-state index in [4.69, 9.17) is 4.74 Å². The van der Waals surface area contributed by atoms with Gasteiger partial charge in [0.2, 0.25) is 0 Å². The number of hydrogen-bond donors (Lipinski definition) is 1. The Morgan fingerprint density at radius 3 is 2.86 bits per heavy atom. The van der Waals surface area contributed by atoms with Gasteiger partial charge in [-0.3, -0.25) is 0 Å². The Morgan fingerprint density at radius 2 is 2.23 bits per heavy atom. The average molecular weight is 302 g/mol. The van der Waals surface area contributed by atoms with Gasteiger partial charge in [0.15, 0.2) is 0 Å². The van der Waals surface area contributed by atoms with Crippen LogP contribution in [0.4, 0.5) is 5.82 Å². The minimum absolute atomic E-state index is 0.323. The fourth-order valence-corrected chi connectivity index (χ4v) is 3.34. The summed E-state index contributed by atoms with van der Waals surface area (Å²) in [6.07, 6.45) is 5.23. The second-order valence-corrected chi connectivity index (χ2v) is 7.36. The Morgan fingerprint density at radius 1 is 1.50 bits per heavy atom. The molecule has 2 heterocycles. The molecule has 1 fully saturated rings. The fraction of sp³-hybridized carbons (Fsp3) is 0.611. The molecule has 120 valence electrons. The molecule has 2 aliphatic rings. The molecule has 1 aliphatic heterocycles. The van der Waals surface area contributed by atoms with E-state index in [1.165, 1.54) is 5.56 Å². The van der Waals surface area contributed by atoms with Crippen molar-refractivity contribution in [2.24, 2.45) is 5.92 Å². The maximum Gasteiger partial charge on any atom is 0.138 e. The van der Waals surface area contributed by atoms with Crippen LogP contribution in [-0.4, -0.2) is 28.3 Å². The van der Waals surface area contributed by atoms with Crippen LogP contribution in [0.1, 0.15) is 45.6 Å². The van der Waals surface area contributed by atoms with Crippen molar-refractivity contribution < 1.29 is 9.84 Å². The van der Waals surface area contributed by atoms with Crippen molar-refractivity contribution in [1.82, 2.24) is 4.98 Å². The molecule has 0 aromatic carbocycles. The molecule has 0 unspecified atom stereocenters. The van der Waals surface area contributed by atoms with E-state index >= 15 is 0 Å². The van der Waals surface area contributed by atoms with Crippen LogP contribution in [0, 0.1) is 5.92 Å². The van der Waals surface area contributed by atoms with Gasteiger partial charge in [-0.25, -0.2) is 4.98 Å². The van der Waals surface area contributed by atoms with E-state index in [0.29, 0.717) is 12.0 Å². The molecular weight excluding hydrogens is 276 g/mol. The highest BCUT2D eigenvalue weighted by molar-refractivity contribution is 5.62. The Labute approximate surface area is 132 Å². The van der Waals surface area contributed by atoms with Crippen molar-refractivity contribution >= 4 is 5.82 Å². The molecule has 0 radical (unpaired) electrons. The standard InChI is InChI=1S/C18H26N2O2/c1-12(2)5-6-22-16-8-14-7-13(3)20(17(14)19-11-16)15-9-18(4,21)10-15/h8,11-12,15,21H,3,5-7,9-10H2,1-2,4H3. The third-order valence-corrected chi connectivity index (χ3v) is 4.56. The van der Waals surface area contributed by atoms with Crippen LogP contribution in [0.2, 0.25) is 0 Å². The van der Waals surface area contributed by atoms with Crippen molar-refractivity contribution in [3.05, 3.63) is 30.1 Å². The molecule has 0 amide bonds. The number of nitrogens with zero attached hydrogens (tertiary/aromatic N) is 2. The first-order valence-electron chi connectivity index (χ1n) is 8.17. The Balaban J connectivity index is 1.69. The third-order valence-electron chi connectivity index (χ3n) is 4.56. The zero-order chi connectivity index (χ0) is 15.9. The van der Waals surface area contributed by atoms with Gasteiger partial charge in [0, 0.05) is 23.7 Å². The minimum atomic E-state index is -0.534. The van der Waals surface area contributed by atoms with Gasteiger partial charge < -0.3 is 14.7 Å². The molecule has 1 aliphatic carbocycles. The number of aliphatic hydroxyl groups is 1. The van der Waals surface area contributed by atoms with Crippen LogP contribution < -0.4 is 9.64 Å². The highest BCUT2D eigenvalue weighted by Crippen LogP contribution is 2.43. The van der Waals surface area contributed by atoms with Crippen molar-refractivity contribution in [1.29, 1.82) is 0 Å². The molecule has 0 atom stereocenters. The first-order chi connectivity index (χ1) is 10.4. The summed E-state index contributed by atoms with van der Waals surface area (Å²) < 4.78 is 5.80. The third kappa shape index (κ3) is 2.98. The van der Waals surface area contributed by atoms with E-state index < -0.39 is 5.60 Å². The number of aromatic nitrogens is 1. The second-order valence-electron chi connectivity index (χ2n) is 7.36. The molecule has 1 aromatic heterocycles. The topological polar surface area (TPSA) is 45.6 Å². The first-order valence-corrected chi connectivity index (χ1v) is 8.17. The van der Waals surface area contributed by atoms with E-state index in [1.807, 2.05) is 13.1 Å². The van der Waals surface area contributed by atoms with E-state index in [0.717, 1.165) is 49.6 Å². The molecule has 1 saturated carbocycles. The van der Waals surface area contributed by atoms with Crippen molar-refractivity contribution in [3.8, 4) is 5.75 Å². The van der Waals surface area contributed by atoms with Crippen molar-refractivity contribution in [2.45, 2.75) is 58.1 Å². The lowest BCUT2D eigenvalue weighted by Crippen LogP contribution is -2.52. The molecule has 0 bridgehead atoms. The van der Waals surface area contributed by atoms with Gasteiger partial charge in [0.1, 0.15) is 11.6 Å². The van der Waals surface area contributed by atoms with E-state index in [1.54, 1.807) is 0 Å². The zero-order valence-electron chi connectivity index (χ0n) is 13.8. The highest BCUT2D eigenvalue weighted by atomic mass is 16.5. The molecular formula is C18H26N2O2. The van der Waals surface area contributed by atoms with Gasteiger partial charge in [0.25, 0.3) is 0 Å². The smallest absolute Gasteiger partial charge is 0.138 e. The van der Waals surface area contributed by atoms with Crippen LogP contribution in [0.15, 0.2) is 24.5 Å². The summed E-state index contributed by atoms with van der Waals surface area (Å²) in [6.45, 7) is 11.2. The molecule has 3 rings (SSSR count). The van der Waals surface area contributed by atoms with Crippen LogP contribution in [-0.2, 0) is 6.42 Å². The lowest BCUT2D eigenvalue weighted by Gasteiger charge is -2.46. The maximum atomic E-state index is 9.97. The summed E-state index contributed by atoms with van der Waals surface area (Å²) in [4.78, 5) is 6.80. The summed E-state index contributed by atoms with van der Waals surface area (Å²) in [5.74, 6) is 2.47. The molecule has 0 spiro atoms. The number of pyridine rings is 1. The van der Waals surface area contributed by atoms with Crippen LogP contribution in [0.3, 0.4) is 0 Å². The van der Waals surface area contributed by atoms with Gasteiger partial charge in [-0.2, -0.15) is 0 Å². The molecule has 4 heteroatoms. The predicted molar refractivity (Wildman–Crippen MR) is 88.2 cm³/mol. The predicted octanol–water partition coefficient (Wildman–Crippen LogP) is 3.30. The largest absolute Gasteiger partial charge is 0.492 e. The number of anilines is 1. The van der Waals surface area contributed by atoms with E-state index in [2.05, 4.69) is 36.4 Å². The molecule has 1 N–H and O–H groups in total. The normalized spacial score (nSPS) is 27.0. The minimum Gasteiger partial charge on any atom is -0.492 e. The highest BCUT2D eigenvalue weighted by Gasteiger charge is 2.44. The number of allylic oxidation sites excluding steroid dienone is 1. The summed E-state index contributed by atoms with van der Waals surface area (Å²) >= 11 is 0. The summed E-state index contributed by atoms with van der Waals surface area (Å²) in [5.41, 5.74) is 1.72. The summed E-state index contributed by atoms with van der Waals surface area (Å²) in [7, 11) is 0. The molecule has 4 nitrogen and oxygen atoms in total. The Kier molecular flexibility index (Phi) is 3.89. The van der Waals surface area contributed by atoms with Crippen LogP contribution in [0.25, 0.3) is 0 Å². The van der Waals surface area contributed by atoms with E-state index in [9.17, 15) is 5.11 Å². The first kappa shape index (κ1) is 15.3. The number of fused-ring (bicyclic) bond motifs is 1. The Hall–Kier alpha value is -1.55. The van der Waals surface area contributed by atoms with E-state index in [-0.39, 0.29) is 0 Å². The van der Waals surface area contributed by atoms with Gasteiger partial charge >= 0.3 is 0 Å². The molecule has 22 heavy (non-hydrogen) atoms. The fourth-order valence-electron chi connectivity index (χ4n) is 3.34. The van der Waals surface area contributed by atoms with Gasteiger partial charge in [0.05, 0.1) is 18.4 Å². The van der Waals surface area contributed by atoms with Crippen LogP contribution in [0.5, 0.6) is 5.75 Å². The summed E-state index contributed by atoms with van der Waals surface area (Å²) in [6, 6.07) is 2.41. The zero-order valence-corrected chi connectivity index (χ0v) is 13.8. The SMILES string of the molecule is C=C1Cc2cc(OCCC(C)C)cnc2N1C1CC(C)(O)C1. The lowest BCUT2D eigenvalue weighted by molar-refractivity contribution is -0.0293.